The van der Waals surface area contributed by atoms with Crippen LogP contribution in [0.4, 0.5) is 0 Å². The lowest BCUT2D eigenvalue weighted by atomic mass is 10.00. The average molecular weight is 269 g/mol. The van der Waals surface area contributed by atoms with E-state index in [0.717, 1.165) is 19.4 Å². The number of phenolic OH excluding ortho intramolecular Hbond substituents is 1. The number of piperidine rings is 1. The van der Waals surface area contributed by atoms with E-state index >= 15 is 0 Å². The van der Waals surface area contributed by atoms with E-state index in [1.807, 2.05) is 0 Å². The number of benzene rings is 1. The number of hydrogen-bond donors (Lipinski definition) is 3. The first-order chi connectivity index (χ1) is 8.56. The van der Waals surface area contributed by atoms with Crippen molar-refractivity contribution in [1.82, 2.24) is 10.6 Å². The van der Waals surface area contributed by atoms with Gasteiger partial charge in [0.25, 0.3) is 5.91 Å². The summed E-state index contributed by atoms with van der Waals surface area (Å²) in [5.41, 5.74) is 0.269. The number of amides is 1. The largest absolute Gasteiger partial charge is 0.507 e. The Balaban J connectivity index is 2.03. The van der Waals surface area contributed by atoms with Crippen LogP contribution in [-0.4, -0.2) is 29.6 Å². The minimum atomic E-state index is -0.247. The molecule has 3 N–H and O–H groups in total. The minimum Gasteiger partial charge on any atom is -0.507 e. The molecule has 0 aromatic heterocycles. The van der Waals surface area contributed by atoms with Crippen molar-refractivity contribution in [1.29, 1.82) is 0 Å². The molecule has 4 nitrogen and oxygen atoms in total. The molecule has 98 valence electrons. The molecule has 18 heavy (non-hydrogen) atoms. The molecular weight excluding hydrogens is 252 g/mol. The molecule has 1 aliphatic heterocycles. The molecule has 1 heterocycles. The average Bonchev–Trinajstić information content (AvgIpc) is 2.28. The smallest absolute Gasteiger partial charge is 0.255 e. The first-order valence-electron chi connectivity index (χ1n) is 6.09. The highest BCUT2D eigenvalue weighted by molar-refractivity contribution is 6.30. The number of carbonyl (C=O) groups is 1. The fourth-order valence-electron chi connectivity index (χ4n) is 2.22. The van der Waals surface area contributed by atoms with Gasteiger partial charge in [-0.15, -0.1) is 0 Å². The Morgan fingerprint density at radius 3 is 3.00 bits per heavy atom. The second kappa shape index (κ2) is 5.59. The van der Waals surface area contributed by atoms with Gasteiger partial charge in [-0.05, 0) is 44.5 Å². The van der Waals surface area contributed by atoms with Crippen molar-refractivity contribution in [3.05, 3.63) is 28.8 Å². The molecule has 2 unspecified atom stereocenters. The van der Waals surface area contributed by atoms with E-state index in [4.69, 9.17) is 11.6 Å². The zero-order valence-electron chi connectivity index (χ0n) is 10.2. The summed E-state index contributed by atoms with van der Waals surface area (Å²) < 4.78 is 0. The molecule has 0 bridgehead atoms. The molecule has 5 heteroatoms. The van der Waals surface area contributed by atoms with Crippen LogP contribution < -0.4 is 10.6 Å². The number of carbonyl (C=O) groups excluding carboxylic acids is 1. The molecule has 0 saturated carbocycles. The van der Waals surface area contributed by atoms with E-state index in [-0.39, 0.29) is 23.3 Å². The van der Waals surface area contributed by atoms with Crippen LogP contribution in [0, 0.1) is 0 Å². The fourth-order valence-corrected chi connectivity index (χ4v) is 2.39. The van der Waals surface area contributed by atoms with Crippen LogP contribution >= 0.6 is 11.6 Å². The fraction of sp³-hybridized carbons (Fsp3) is 0.462. The third-order valence-corrected chi connectivity index (χ3v) is 3.40. The number of hydrogen-bond acceptors (Lipinski definition) is 3. The van der Waals surface area contributed by atoms with Crippen LogP contribution in [-0.2, 0) is 0 Å². The van der Waals surface area contributed by atoms with Crippen molar-refractivity contribution in [3.63, 3.8) is 0 Å². The standard InChI is InChI=1S/C13H17ClN2O2/c1-8-6-10(4-5-15-8)16-13(18)11-3-2-9(14)7-12(11)17/h2-3,7-8,10,15,17H,4-6H2,1H3,(H,16,18). The van der Waals surface area contributed by atoms with Gasteiger partial charge in [-0.2, -0.15) is 0 Å². The van der Waals surface area contributed by atoms with Crippen molar-refractivity contribution in [2.24, 2.45) is 0 Å². The maximum Gasteiger partial charge on any atom is 0.255 e. The first-order valence-corrected chi connectivity index (χ1v) is 6.47. The van der Waals surface area contributed by atoms with E-state index in [2.05, 4.69) is 17.6 Å². The molecule has 2 atom stereocenters. The van der Waals surface area contributed by atoms with Gasteiger partial charge in [-0.25, -0.2) is 0 Å². The topological polar surface area (TPSA) is 61.4 Å². The normalized spacial score (nSPS) is 23.7. The Bertz CT molecular complexity index is 451. The van der Waals surface area contributed by atoms with E-state index in [1.54, 1.807) is 6.07 Å². The van der Waals surface area contributed by atoms with Crippen LogP contribution in [0.15, 0.2) is 18.2 Å². The molecule has 0 radical (unpaired) electrons. The minimum absolute atomic E-state index is 0.0815. The lowest BCUT2D eigenvalue weighted by molar-refractivity contribution is 0.0923. The van der Waals surface area contributed by atoms with Gasteiger partial charge in [0.2, 0.25) is 0 Å². The molecule has 1 aliphatic rings. The number of phenols is 1. The summed E-state index contributed by atoms with van der Waals surface area (Å²) in [6.07, 6.45) is 1.81. The quantitative estimate of drug-likeness (QED) is 0.768. The van der Waals surface area contributed by atoms with Gasteiger partial charge < -0.3 is 15.7 Å². The van der Waals surface area contributed by atoms with Crippen molar-refractivity contribution in [3.8, 4) is 5.75 Å². The van der Waals surface area contributed by atoms with Crippen LogP contribution in [0.5, 0.6) is 5.75 Å². The van der Waals surface area contributed by atoms with E-state index in [9.17, 15) is 9.90 Å². The van der Waals surface area contributed by atoms with E-state index < -0.39 is 0 Å². The van der Waals surface area contributed by atoms with Gasteiger partial charge in [0.05, 0.1) is 5.56 Å². The number of aromatic hydroxyl groups is 1. The molecule has 0 spiro atoms. The van der Waals surface area contributed by atoms with Crippen molar-refractivity contribution in [2.75, 3.05) is 6.54 Å². The van der Waals surface area contributed by atoms with Gasteiger partial charge >= 0.3 is 0 Å². The summed E-state index contributed by atoms with van der Waals surface area (Å²) in [4.78, 5) is 12.0. The molecule has 1 fully saturated rings. The van der Waals surface area contributed by atoms with Crippen LogP contribution in [0.3, 0.4) is 0 Å². The lowest BCUT2D eigenvalue weighted by Gasteiger charge is -2.28. The highest BCUT2D eigenvalue weighted by atomic mass is 35.5. The summed E-state index contributed by atoms with van der Waals surface area (Å²) in [7, 11) is 0. The van der Waals surface area contributed by atoms with Crippen LogP contribution in [0.2, 0.25) is 5.02 Å². The van der Waals surface area contributed by atoms with Gasteiger partial charge in [0, 0.05) is 17.1 Å². The SMILES string of the molecule is CC1CC(NC(=O)c2ccc(Cl)cc2O)CCN1. The summed E-state index contributed by atoms with van der Waals surface area (Å²) in [6, 6.07) is 5.08. The Kier molecular flexibility index (Phi) is 4.09. The number of halogens is 1. The Hall–Kier alpha value is -1.26. The van der Waals surface area contributed by atoms with E-state index in [0.29, 0.717) is 11.1 Å². The third kappa shape index (κ3) is 3.15. The highest BCUT2D eigenvalue weighted by Crippen LogP contribution is 2.22. The Morgan fingerprint density at radius 2 is 2.33 bits per heavy atom. The summed E-state index contributed by atoms with van der Waals surface area (Å²) in [6.45, 7) is 3.00. The summed E-state index contributed by atoms with van der Waals surface area (Å²) in [5, 5.41) is 16.4. The molecule has 1 aromatic carbocycles. The Labute approximate surface area is 111 Å². The molecule has 1 saturated heterocycles. The summed E-state index contributed by atoms with van der Waals surface area (Å²) in [5.74, 6) is -0.328. The second-order valence-electron chi connectivity index (χ2n) is 4.71. The van der Waals surface area contributed by atoms with Crippen LogP contribution in [0.25, 0.3) is 0 Å². The molecule has 2 rings (SSSR count). The van der Waals surface area contributed by atoms with Gasteiger partial charge in [0.15, 0.2) is 0 Å². The first kappa shape index (κ1) is 13.2. The van der Waals surface area contributed by atoms with E-state index in [1.165, 1.54) is 12.1 Å². The zero-order chi connectivity index (χ0) is 13.1. The number of rotatable bonds is 2. The molecule has 1 amide bonds. The highest BCUT2D eigenvalue weighted by Gasteiger charge is 2.21. The monoisotopic (exact) mass is 268 g/mol. The number of nitrogens with one attached hydrogen (secondary N) is 2. The third-order valence-electron chi connectivity index (χ3n) is 3.16. The second-order valence-corrected chi connectivity index (χ2v) is 5.15. The van der Waals surface area contributed by atoms with Gasteiger partial charge in [-0.1, -0.05) is 11.6 Å². The maximum absolute atomic E-state index is 12.0. The molecule has 0 aliphatic carbocycles. The Morgan fingerprint density at radius 1 is 1.56 bits per heavy atom. The zero-order valence-corrected chi connectivity index (χ0v) is 11.0. The lowest BCUT2D eigenvalue weighted by Crippen LogP contribution is -2.46. The van der Waals surface area contributed by atoms with Crippen molar-refractivity contribution in [2.45, 2.75) is 31.8 Å². The molecular formula is C13H17ClN2O2. The van der Waals surface area contributed by atoms with Crippen LogP contribution in [0.1, 0.15) is 30.1 Å². The van der Waals surface area contributed by atoms with Crippen molar-refractivity contribution < 1.29 is 9.90 Å². The predicted octanol–water partition coefficient (Wildman–Crippen LogP) is 1.92. The molecule has 1 aromatic rings. The predicted molar refractivity (Wildman–Crippen MR) is 71.1 cm³/mol. The maximum atomic E-state index is 12.0. The van der Waals surface area contributed by atoms with Gasteiger partial charge in [0.1, 0.15) is 5.75 Å². The van der Waals surface area contributed by atoms with Crippen molar-refractivity contribution >= 4 is 17.5 Å². The van der Waals surface area contributed by atoms with Gasteiger partial charge in [-0.3, -0.25) is 4.79 Å². The summed E-state index contributed by atoms with van der Waals surface area (Å²) >= 11 is 5.73.